The summed E-state index contributed by atoms with van der Waals surface area (Å²) in [7, 11) is 0. The summed E-state index contributed by atoms with van der Waals surface area (Å²) >= 11 is 5.87. The molecule has 0 unspecified atom stereocenters. The van der Waals surface area contributed by atoms with Crippen LogP contribution in [0, 0.1) is 46.3 Å². The fourth-order valence-electron chi connectivity index (χ4n) is 9.11. The zero-order valence-corrected chi connectivity index (χ0v) is 23.4. The second-order valence-electron chi connectivity index (χ2n) is 13.3. The number of hydrogen-bond donors (Lipinski definition) is 0. The van der Waals surface area contributed by atoms with E-state index in [4.69, 9.17) is 16.3 Å². The third kappa shape index (κ3) is 5.05. The van der Waals surface area contributed by atoms with Gasteiger partial charge in [-0.25, -0.2) is 4.79 Å². The number of hydrogen-bond acceptors (Lipinski definition) is 2. The van der Waals surface area contributed by atoms with Gasteiger partial charge in [-0.05, 0) is 98.2 Å². The van der Waals surface area contributed by atoms with Crippen molar-refractivity contribution < 1.29 is 9.53 Å². The highest BCUT2D eigenvalue weighted by Crippen LogP contribution is 2.67. The van der Waals surface area contributed by atoms with Gasteiger partial charge in [0, 0.05) is 17.5 Å². The molecule has 4 rings (SSSR count). The molecule has 0 aromatic carbocycles. The highest BCUT2D eigenvalue weighted by Gasteiger charge is 2.59. The summed E-state index contributed by atoms with van der Waals surface area (Å²) in [5, 5.41) is 0.486. The largest absolute Gasteiger partial charge is 0.459 e. The Morgan fingerprint density at radius 2 is 1.88 bits per heavy atom. The van der Waals surface area contributed by atoms with Crippen LogP contribution in [0.4, 0.5) is 0 Å². The van der Waals surface area contributed by atoms with Gasteiger partial charge >= 0.3 is 5.97 Å². The third-order valence-corrected chi connectivity index (χ3v) is 11.0. The number of rotatable bonds is 7. The molecule has 0 N–H and O–H groups in total. The highest BCUT2D eigenvalue weighted by atomic mass is 35.5. The summed E-state index contributed by atoms with van der Waals surface area (Å²) in [6.45, 7) is 14.2. The topological polar surface area (TPSA) is 26.3 Å². The van der Waals surface area contributed by atoms with Gasteiger partial charge in [0.25, 0.3) is 0 Å². The molecule has 8 atom stereocenters. The molecule has 0 bridgehead atoms. The van der Waals surface area contributed by atoms with Crippen molar-refractivity contribution in [2.75, 3.05) is 0 Å². The maximum atomic E-state index is 12.1. The van der Waals surface area contributed by atoms with Crippen molar-refractivity contribution in [3.8, 4) is 0 Å². The van der Waals surface area contributed by atoms with E-state index < -0.39 is 0 Å². The van der Waals surface area contributed by atoms with Gasteiger partial charge in [-0.15, -0.1) is 0 Å². The molecule has 34 heavy (non-hydrogen) atoms. The normalized spacial score (nSPS) is 40.8. The predicted molar refractivity (Wildman–Crippen MR) is 143 cm³/mol. The molecule has 0 aromatic rings. The number of ether oxygens (including phenoxy) is 1. The third-order valence-electron chi connectivity index (χ3n) is 10.9. The lowest BCUT2D eigenvalue weighted by Gasteiger charge is -2.58. The second-order valence-corrected chi connectivity index (χ2v) is 13.9. The summed E-state index contributed by atoms with van der Waals surface area (Å²) in [6, 6.07) is 0. The van der Waals surface area contributed by atoms with Gasteiger partial charge in [-0.3, -0.25) is 0 Å². The fourth-order valence-corrected chi connectivity index (χ4v) is 9.20. The van der Waals surface area contributed by atoms with E-state index in [1.165, 1.54) is 57.4 Å². The number of allylic oxidation sites excluding steroid dienone is 2. The van der Waals surface area contributed by atoms with E-state index in [1.807, 2.05) is 0 Å². The van der Waals surface area contributed by atoms with E-state index in [0.717, 1.165) is 54.8 Å². The summed E-state index contributed by atoms with van der Waals surface area (Å²) in [4.78, 5) is 12.1. The maximum Gasteiger partial charge on any atom is 0.332 e. The summed E-state index contributed by atoms with van der Waals surface area (Å²) in [5.74, 6) is 4.87. The van der Waals surface area contributed by atoms with Crippen molar-refractivity contribution in [1.82, 2.24) is 0 Å². The Labute approximate surface area is 214 Å². The molecule has 4 aliphatic rings. The van der Waals surface area contributed by atoms with Crippen LogP contribution in [-0.2, 0) is 9.53 Å². The molecule has 4 aliphatic carbocycles. The van der Waals surface area contributed by atoms with Gasteiger partial charge in [0.15, 0.2) is 0 Å². The number of carbonyl (C=O) groups is 1. The van der Waals surface area contributed by atoms with Crippen molar-refractivity contribution >= 4 is 17.6 Å². The number of carbonyl (C=O) groups excluding carboxylic acids is 1. The average molecular weight is 489 g/mol. The van der Waals surface area contributed by atoms with Crippen LogP contribution in [0.3, 0.4) is 0 Å². The van der Waals surface area contributed by atoms with Gasteiger partial charge in [-0.2, -0.15) is 0 Å². The molecular weight excluding hydrogens is 440 g/mol. The van der Waals surface area contributed by atoms with E-state index in [-0.39, 0.29) is 12.1 Å². The lowest BCUT2D eigenvalue weighted by atomic mass is 9.47. The van der Waals surface area contributed by atoms with Crippen molar-refractivity contribution in [3.05, 3.63) is 22.8 Å². The Morgan fingerprint density at radius 1 is 1.12 bits per heavy atom. The Morgan fingerprint density at radius 3 is 2.59 bits per heavy atom. The molecule has 0 spiro atoms. The molecule has 0 aromatic heterocycles. The molecule has 2 nitrogen and oxygen atoms in total. The van der Waals surface area contributed by atoms with Crippen LogP contribution >= 0.6 is 11.6 Å². The first-order chi connectivity index (χ1) is 16.0. The molecule has 0 saturated heterocycles. The van der Waals surface area contributed by atoms with Crippen molar-refractivity contribution in [3.63, 3.8) is 0 Å². The van der Waals surface area contributed by atoms with E-state index in [1.54, 1.807) is 12.5 Å². The SMILES string of the molecule is C/C(Cl)=C\C(=O)O[C@H]1CC[C@@]2(C)C(=CC[C@H]3[C@H]4CC[C@H]([C@H](C)CCCC(C)C)[C@@]4(C)CC[C@H]32)C1. The Kier molecular flexibility index (Phi) is 7.98. The smallest absolute Gasteiger partial charge is 0.332 e. The lowest BCUT2D eigenvalue weighted by Crippen LogP contribution is -2.51. The zero-order valence-electron chi connectivity index (χ0n) is 22.7. The van der Waals surface area contributed by atoms with Gasteiger partial charge in [0.05, 0.1) is 0 Å². The first-order valence-corrected chi connectivity index (χ1v) is 14.7. The van der Waals surface area contributed by atoms with Crippen LogP contribution in [0.1, 0.15) is 112 Å². The number of esters is 1. The fraction of sp³-hybridized carbons (Fsp3) is 0.839. The molecule has 0 radical (unpaired) electrons. The van der Waals surface area contributed by atoms with E-state index >= 15 is 0 Å². The van der Waals surface area contributed by atoms with Crippen molar-refractivity contribution in [2.45, 2.75) is 118 Å². The van der Waals surface area contributed by atoms with Crippen LogP contribution in [0.15, 0.2) is 22.8 Å². The Hall–Kier alpha value is -0.760. The maximum absolute atomic E-state index is 12.1. The summed E-state index contributed by atoms with van der Waals surface area (Å²) in [5.41, 5.74) is 2.41. The van der Waals surface area contributed by atoms with Crippen LogP contribution in [-0.4, -0.2) is 12.1 Å². The van der Waals surface area contributed by atoms with Gasteiger partial charge in [0.1, 0.15) is 6.10 Å². The van der Waals surface area contributed by atoms with E-state index in [9.17, 15) is 4.79 Å². The van der Waals surface area contributed by atoms with Gasteiger partial charge < -0.3 is 4.74 Å². The van der Waals surface area contributed by atoms with Crippen LogP contribution in [0.2, 0.25) is 0 Å². The van der Waals surface area contributed by atoms with E-state index in [2.05, 4.69) is 40.7 Å². The van der Waals surface area contributed by atoms with Crippen LogP contribution in [0.25, 0.3) is 0 Å². The average Bonchev–Trinajstić information content (AvgIpc) is 3.10. The molecular formula is C31H49ClO2. The first-order valence-electron chi connectivity index (χ1n) is 14.3. The lowest BCUT2D eigenvalue weighted by molar-refractivity contribution is -0.145. The molecule has 0 amide bonds. The summed E-state index contributed by atoms with van der Waals surface area (Å²) < 4.78 is 5.76. The molecule has 3 fully saturated rings. The van der Waals surface area contributed by atoms with Crippen molar-refractivity contribution in [2.24, 2.45) is 46.3 Å². The number of halogens is 1. The van der Waals surface area contributed by atoms with Crippen LogP contribution in [0.5, 0.6) is 0 Å². The monoisotopic (exact) mass is 488 g/mol. The molecule has 3 heteroatoms. The zero-order chi connectivity index (χ0) is 24.7. The molecule has 192 valence electrons. The number of fused-ring (bicyclic) bond motifs is 5. The Balaban J connectivity index is 1.44. The molecule has 0 heterocycles. The van der Waals surface area contributed by atoms with Gasteiger partial charge in [0.2, 0.25) is 0 Å². The minimum atomic E-state index is -0.289. The highest BCUT2D eigenvalue weighted by molar-refractivity contribution is 6.30. The molecule has 0 aliphatic heterocycles. The minimum Gasteiger partial charge on any atom is -0.459 e. The second kappa shape index (κ2) is 10.3. The quantitative estimate of drug-likeness (QED) is 0.203. The predicted octanol–water partition coefficient (Wildman–Crippen LogP) is 9.08. The first kappa shape index (κ1) is 26.3. The van der Waals surface area contributed by atoms with E-state index in [0.29, 0.717) is 15.9 Å². The van der Waals surface area contributed by atoms with Gasteiger partial charge in [-0.1, -0.05) is 77.1 Å². The van der Waals surface area contributed by atoms with Crippen LogP contribution < -0.4 is 0 Å². The molecule has 3 saturated carbocycles. The Bertz CT molecular complexity index is 808. The standard InChI is InChI=1S/C31H49ClO2/c1-20(2)8-7-9-21(3)26-12-13-27-25-11-10-23-19-24(34-29(33)18-22(4)32)14-16-30(23,5)28(25)15-17-31(26,27)6/h10,18,20-21,24-28H,7-9,11-17,19H2,1-6H3/b22-18+/t21-,24+,25+,26-,27-,28-,30+,31-/m1/s1. The van der Waals surface area contributed by atoms with Crippen molar-refractivity contribution in [1.29, 1.82) is 0 Å². The minimum absolute atomic E-state index is 0.00653. The summed E-state index contributed by atoms with van der Waals surface area (Å²) in [6.07, 6.45) is 18.2.